The molecule has 0 amide bonds. The molecule has 1 aliphatic carbocycles. The maximum Gasteiger partial charge on any atom is 0.0489 e. The second-order valence-electron chi connectivity index (χ2n) is 5.70. The van der Waals surface area contributed by atoms with Crippen molar-refractivity contribution in [2.75, 3.05) is 0 Å². The highest BCUT2D eigenvalue weighted by atomic mass is 35.5. The predicted molar refractivity (Wildman–Crippen MR) is 84.0 cm³/mol. The summed E-state index contributed by atoms with van der Waals surface area (Å²) in [6.07, 6.45) is 3.38. The number of hydrogen-bond acceptors (Lipinski definition) is 0. The van der Waals surface area contributed by atoms with E-state index in [0.29, 0.717) is 6.04 Å². The molecule has 0 saturated heterocycles. The van der Waals surface area contributed by atoms with Gasteiger partial charge < -0.3 is 4.57 Å². The topological polar surface area (TPSA) is 4.93 Å². The number of nitrogens with zero attached hydrogens (tertiary/aromatic N) is 1. The van der Waals surface area contributed by atoms with Crippen molar-refractivity contribution in [3.05, 3.63) is 59.8 Å². The minimum Gasteiger partial charge on any atom is -0.343 e. The molecule has 2 unspecified atom stereocenters. The number of fused-ring (bicyclic) bond motifs is 1. The molecule has 2 atom stereocenters. The van der Waals surface area contributed by atoms with Crippen LogP contribution in [0.2, 0.25) is 5.02 Å². The Kier molecular flexibility index (Phi) is 2.64. The fourth-order valence-corrected chi connectivity index (χ4v) is 3.09. The molecule has 1 fully saturated rings. The Morgan fingerprint density at radius 3 is 2.70 bits per heavy atom. The van der Waals surface area contributed by atoms with Crippen molar-refractivity contribution in [3.63, 3.8) is 0 Å². The molecule has 0 spiro atoms. The molecule has 1 nitrogen and oxygen atoms in total. The first kappa shape index (κ1) is 12.0. The van der Waals surface area contributed by atoms with E-state index in [1.807, 2.05) is 18.2 Å². The summed E-state index contributed by atoms with van der Waals surface area (Å²) < 4.78 is 2.36. The lowest BCUT2D eigenvalue weighted by Crippen LogP contribution is -1.92. The van der Waals surface area contributed by atoms with Crippen LogP contribution in [0.15, 0.2) is 48.7 Å². The van der Waals surface area contributed by atoms with Crippen molar-refractivity contribution in [2.45, 2.75) is 19.4 Å². The van der Waals surface area contributed by atoms with E-state index in [2.05, 4.69) is 48.0 Å². The fraction of sp³-hybridized carbons (Fsp3) is 0.222. The number of aromatic nitrogens is 1. The molecule has 3 aromatic rings. The second-order valence-corrected chi connectivity index (χ2v) is 6.14. The van der Waals surface area contributed by atoms with Crippen molar-refractivity contribution in [2.24, 2.45) is 5.92 Å². The van der Waals surface area contributed by atoms with Crippen LogP contribution in [0.5, 0.6) is 0 Å². The van der Waals surface area contributed by atoms with E-state index in [1.165, 1.54) is 22.9 Å². The van der Waals surface area contributed by atoms with Crippen molar-refractivity contribution in [1.29, 1.82) is 0 Å². The van der Waals surface area contributed by atoms with E-state index in [0.717, 1.165) is 16.5 Å². The van der Waals surface area contributed by atoms with Gasteiger partial charge in [0.1, 0.15) is 0 Å². The van der Waals surface area contributed by atoms with Gasteiger partial charge in [-0.25, -0.2) is 0 Å². The maximum atomic E-state index is 6.07. The lowest BCUT2D eigenvalue weighted by Gasteiger charge is -2.06. The fourth-order valence-electron chi connectivity index (χ4n) is 2.90. The monoisotopic (exact) mass is 280 g/mol. The summed E-state index contributed by atoms with van der Waals surface area (Å²) in [7, 11) is 0. The van der Waals surface area contributed by atoms with Gasteiger partial charge >= 0.3 is 0 Å². The first-order chi connectivity index (χ1) is 9.72. The molecular weight excluding hydrogens is 266 g/mol. The van der Waals surface area contributed by atoms with Crippen molar-refractivity contribution in [1.82, 2.24) is 4.57 Å². The van der Waals surface area contributed by atoms with E-state index in [1.54, 1.807) is 0 Å². The Hall–Kier alpha value is -1.73. The number of rotatable bonds is 2. The Balaban J connectivity index is 1.80. The first-order valence-corrected chi connectivity index (χ1v) is 7.38. The molecule has 0 N–H and O–H groups in total. The zero-order valence-electron chi connectivity index (χ0n) is 11.3. The Labute approximate surface area is 123 Å². The summed E-state index contributed by atoms with van der Waals surface area (Å²) in [6, 6.07) is 18.6. The van der Waals surface area contributed by atoms with E-state index >= 15 is 0 Å². The molecular formula is C18H15ClN. The van der Waals surface area contributed by atoms with Gasteiger partial charge in [0.05, 0.1) is 0 Å². The van der Waals surface area contributed by atoms with Crippen molar-refractivity contribution in [3.8, 4) is 11.1 Å². The Morgan fingerprint density at radius 2 is 1.95 bits per heavy atom. The lowest BCUT2D eigenvalue weighted by molar-refractivity contribution is 0.711. The molecule has 2 aromatic carbocycles. The highest BCUT2D eigenvalue weighted by Crippen LogP contribution is 2.44. The van der Waals surface area contributed by atoms with E-state index in [-0.39, 0.29) is 0 Å². The molecule has 1 aliphatic rings. The SMILES string of the molecule is CC1CC1n1c[c]c2cc(-c3cccc(Cl)c3)ccc21. The van der Waals surface area contributed by atoms with Crippen LogP contribution in [0.25, 0.3) is 22.0 Å². The van der Waals surface area contributed by atoms with E-state index < -0.39 is 0 Å². The standard InChI is InChI=1S/C18H15ClN/c1-12-9-18(12)20-8-7-15-10-14(5-6-17(15)20)13-3-2-4-16(19)11-13/h2-6,8,10-12,18H,9H2,1H3. The van der Waals surface area contributed by atoms with Crippen LogP contribution in [0.4, 0.5) is 0 Å². The van der Waals surface area contributed by atoms with Crippen LogP contribution in [0.1, 0.15) is 19.4 Å². The first-order valence-electron chi connectivity index (χ1n) is 7.00. The summed E-state index contributed by atoms with van der Waals surface area (Å²) in [5.41, 5.74) is 3.63. The zero-order chi connectivity index (χ0) is 13.7. The van der Waals surface area contributed by atoms with Gasteiger partial charge in [-0.15, -0.1) is 0 Å². The molecule has 1 saturated carbocycles. The highest BCUT2D eigenvalue weighted by molar-refractivity contribution is 6.30. The van der Waals surface area contributed by atoms with Crippen molar-refractivity contribution >= 4 is 22.5 Å². The molecule has 20 heavy (non-hydrogen) atoms. The maximum absolute atomic E-state index is 6.07. The van der Waals surface area contributed by atoms with Crippen LogP contribution in [0.3, 0.4) is 0 Å². The Morgan fingerprint density at radius 1 is 1.15 bits per heavy atom. The summed E-state index contributed by atoms with van der Waals surface area (Å²) >= 11 is 6.07. The molecule has 0 bridgehead atoms. The van der Waals surface area contributed by atoms with E-state index in [4.69, 9.17) is 11.6 Å². The second kappa shape index (κ2) is 4.39. The zero-order valence-corrected chi connectivity index (χ0v) is 12.1. The molecule has 1 aromatic heterocycles. The van der Waals surface area contributed by atoms with Crippen LogP contribution in [0, 0.1) is 12.0 Å². The van der Waals surface area contributed by atoms with Gasteiger partial charge in [-0.05, 0) is 47.7 Å². The van der Waals surface area contributed by atoms with Gasteiger partial charge in [-0.1, -0.05) is 36.7 Å². The van der Waals surface area contributed by atoms with Crippen LogP contribution >= 0.6 is 11.6 Å². The third-order valence-corrected chi connectivity index (χ3v) is 4.45. The predicted octanol–water partition coefficient (Wildman–Crippen LogP) is 5.34. The summed E-state index contributed by atoms with van der Waals surface area (Å²) in [6.45, 7) is 2.30. The summed E-state index contributed by atoms with van der Waals surface area (Å²) in [4.78, 5) is 0. The molecule has 4 rings (SSSR count). The van der Waals surface area contributed by atoms with E-state index in [9.17, 15) is 0 Å². The third-order valence-electron chi connectivity index (χ3n) is 4.22. The average molecular weight is 281 g/mol. The molecule has 2 heteroatoms. The molecule has 0 aliphatic heterocycles. The quantitative estimate of drug-likeness (QED) is 0.597. The van der Waals surface area contributed by atoms with Gasteiger partial charge in [0.15, 0.2) is 0 Å². The third kappa shape index (κ3) is 1.94. The van der Waals surface area contributed by atoms with Crippen LogP contribution in [-0.4, -0.2) is 4.57 Å². The van der Waals surface area contributed by atoms with Crippen molar-refractivity contribution < 1.29 is 0 Å². The molecule has 1 heterocycles. The molecule has 1 radical (unpaired) electrons. The minimum atomic E-state index is 0.667. The largest absolute Gasteiger partial charge is 0.343 e. The lowest BCUT2D eigenvalue weighted by atomic mass is 10.0. The smallest absolute Gasteiger partial charge is 0.0489 e. The minimum absolute atomic E-state index is 0.667. The summed E-state index contributed by atoms with van der Waals surface area (Å²) in [5, 5.41) is 1.96. The van der Waals surface area contributed by atoms with Gasteiger partial charge in [0.2, 0.25) is 0 Å². The number of halogens is 1. The normalized spacial score (nSPS) is 21.3. The summed E-state index contributed by atoms with van der Waals surface area (Å²) in [5.74, 6) is 0.798. The van der Waals surface area contributed by atoms with Crippen LogP contribution in [-0.2, 0) is 0 Å². The van der Waals surface area contributed by atoms with Gasteiger partial charge in [-0.3, -0.25) is 0 Å². The van der Waals surface area contributed by atoms with Gasteiger partial charge in [0, 0.05) is 34.2 Å². The highest BCUT2D eigenvalue weighted by Gasteiger charge is 2.34. The number of hydrogen-bond donors (Lipinski definition) is 0. The van der Waals surface area contributed by atoms with Crippen LogP contribution < -0.4 is 0 Å². The average Bonchev–Trinajstić information content (AvgIpc) is 3.02. The van der Waals surface area contributed by atoms with Gasteiger partial charge in [0.25, 0.3) is 0 Å². The number of benzene rings is 2. The van der Waals surface area contributed by atoms with Gasteiger partial charge in [-0.2, -0.15) is 0 Å². The Bertz CT molecular complexity index is 787. The molecule has 99 valence electrons.